The molecule has 0 amide bonds. The van der Waals surface area contributed by atoms with E-state index in [4.69, 9.17) is 5.11 Å². The van der Waals surface area contributed by atoms with Crippen molar-refractivity contribution in [3.05, 3.63) is 30.1 Å². The number of pyridine rings is 1. The lowest BCUT2D eigenvalue weighted by atomic mass is 10.4. The van der Waals surface area contributed by atoms with Gasteiger partial charge in [-0.25, -0.2) is 9.78 Å². The highest BCUT2D eigenvalue weighted by molar-refractivity contribution is 5.85. The minimum Gasteiger partial charge on any atom is -0.477 e. The smallest absolute Gasteiger partial charge is 0.354 e. The average molecular weight is 137 g/mol. The van der Waals surface area contributed by atoms with E-state index < -0.39 is 5.97 Å². The Morgan fingerprint density at radius 3 is 2.50 bits per heavy atom. The molecule has 0 saturated carbocycles. The van der Waals surface area contributed by atoms with E-state index in [2.05, 4.69) is 4.98 Å². The van der Waals surface area contributed by atoms with Crippen molar-refractivity contribution < 1.29 is 9.90 Å². The second kappa shape index (κ2) is 3.66. The minimum atomic E-state index is -0.990. The molecule has 1 N–H and O–H groups in total. The van der Waals surface area contributed by atoms with Gasteiger partial charge in [-0.15, -0.1) is 0 Å². The zero-order valence-electron chi connectivity index (χ0n) is 4.61. The molecule has 10 heavy (non-hydrogen) atoms. The number of aromatic nitrogens is 1. The number of carboxylic acids is 1. The molecule has 1 rings (SSSR count). The Morgan fingerprint density at radius 1 is 1.50 bits per heavy atom. The molecule has 0 fully saturated rings. The van der Waals surface area contributed by atoms with Crippen molar-refractivity contribution in [1.29, 1.82) is 0 Å². The molecule has 0 aliphatic rings. The van der Waals surface area contributed by atoms with Crippen molar-refractivity contribution in [2.24, 2.45) is 0 Å². The zero-order chi connectivity index (χ0) is 6.69. The summed E-state index contributed by atoms with van der Waals surface area (Å²) in [7, 11) is 0. The highest BCUT2D eigenvalue weighted by atomic mass is 16.4. The highest BCUT2D eigenvalue weighted by Crippen LogP contribution is 1.90. The van der Waals surface area contributed by atoms with E-state index in [0.29, 0.717) is 0 Å². The first-order chi connectivity index (χ1) is 4.30. The predicted octanol–water partition coefficient (Wildman–Crippen LogP) is -0.404. The quantitative estimate of drug-likeness (QED) is 0.535. The summed E-state index contributed by atoms with van der Waals surface area (Å²) in [4.78, 5) is 13.7. The molecule has 0 bridgehead atoms. The van der Waals surface area contributed by atoms with Crippen LogP contribution in [0.2, 0.25) is 0 Å². The van der Waals surface area contributed by atoms with Crippen molar-refractivity contribution >= 4 is 14.4 Å². The van der Waals surface area contributed by atoms with E-state index in [1.807, 2.05) is 0 Å². The number of rotatable bonds is 1. The summed E-state index contributed by atoms with van der Waals surface area (Å²) in [6.45, 7) is 0. The Labute approximate surface area is 60.3 Å². The highest BCUT2D eigenvalue weighted by Gasteiger charge is 1.98. The number of nitrogens with zero attached hydrogens (tertiary/aromatic N) is 1. The number of carboxylic acid groups (broad SMARTS) is 1. The van der Waals surface area contributed by atoms with Gasteiger partial charge < -0.3 is 5.11 Å². The van der Waals surface area contributed by atoms with Gasteiger partial charge in [-0.05, 0) is 12.1 Å². The molecule has 0 aliphatic carbocycles. The molecule has 0 atom stereocenters. The van der Waals surface area contributed by atoms with Crippen molar-refractivity contribution in [3.63, 3.8) is 0 Å². The molecule has 0 spiro atoms. The molecule has 4 heteroatoms. The second-order valence-electron chi connectivity index (χ2n) is 1.52. The lowest BCUT2D eigenvalue weighted by Crippen LogP contribution is -1.97. The van der Waals surface area contributed by atoms with Crippen LogP contribution >= 0.6 is 0 Å². The van der Waals surface area contributed by atoms with Crippen molar-refractivity contribution in [1.82, 2.24) is 4.98 Å². The molecule has 3 nitrogen and oxygen atoms in total. The van der Waals surface area contributed by atoms with Gasteiger partial charge in [-0.1, -0.05) is 6.07 Å². The van der Waals surface area contributed by atoms with Crippen LogP contribution in [0.1, 0.15) is 10.5 Å². The molecule has 1 aromatic heterocycles. The van der Waals surface area contributed by atoms with Crippen LogP contribution in [0.25, 0.3) is 0 Å². The van der Waals surface area contributed by atoms with Crippen LogP contribution in [0, 0.1) is 0 Å². The van der Waals surface area contributed by atoms with E-state index >= 15 is 0 Å². The van der Waals surface area contributed by atoms with Gasteiger partial charge in [0.25, 0.3) is 0 Å². The third kappa shape index (κ3) is 1.89. The van der Waals surface area contributed by atoms with Crippen LogP contribution in [-0.2, 0) is 0 Å². The predicted molar refractivity (Wildman–Crippen MR) is 41.1 cm³/mol. The maximum absolute atomic E-state index is 10.1. The van der Waals surface area contributed by atoms with Crippen LogP contribution in [-0.4, -0.2) is 24.5 Å². The maximum atomic E-state index is 10.1. The summed E-state index contributed by atoms with van der Waals surface area (Å²) in [5.41, 5.74) is 0.0810. The van der Waals surface area contributed by atoms with Gasteiger partial charge in [0, 0.05) is 6.20 Å². The fourth-order valence-corrected chi connectivity index (χ4v) is 0.489. The van der Waals surface area contributed by atoms with Crippen LogP contribution in [0.4, 0.5) is 0 Å². The third-order valence-electron chi connectivity index (χ3n) is 0.884. The molecular formula is C6H8BNO2. The van der Waals surface area contributed by atoms with Crippen LogP contribution in [0.15, 0.2) is 24.4 Å². The van der Waals surface area contributed by atoms with E-state index in [1.54, 1.807) is 12.1 Å². The van der Waals surface area contributed by atoms with E-state index in [9.17, 15) is 4.79 Å². The van der Waals surface area contributed by atoms with Crippen molar-refractivity contribution in [2.45, 2.75) is 0 Å². The van der Waals surface area contributed by atoms with E-state index in [-0.39, 0.29) is 14.1 Å². The van der Waals surface area contributed by atoms with Crippen molar-refractivity contribution in [2.75, 3.05) is 0 Å². The number of aromatic carboxylic acids is 1. The number of hydrogen-bond acceptors (Lipinski definition) is 2. The molecule has 0 aromatic carbocycles. The Kier molecular flexibility index (Phi) is 3.18. The zero-order valence-corrected chi connectivity index (χ0v) is 4.61. The first-order valence-corrected chi connectivity index (χ1v) is 2.45. The molecule has 0 radical (unpaired) electrons. The Bertz CT molecular complexity index is 212. The second-order valence-corrected chi connectivity index (χ2v) is 1.52. The van der Waals surface area contributed by atoms with Gasteiger partial charge in [0.2, 0.25) is 0 Å². The van der Waals surface area contributed by atoms with Crippen LogP contribution in [0.3, 0.4) is 0 Å². The van der Waals surface area contributed by atoms with Gasteiger partial charge in [0.1, 0.15) is 5.69 Å². The Morgan fingerprint density at radius 2 is 2.20 bits per heavy atom. The van der Waals surface area contributed by atoms with Crippen molar-refractivity contribution in [3.8, 4) is 0 Å². The molecule has 0 unspecified atom stereocenters. The summed E-state index contributed by atoms with van der Waals surface area (Å²) in [6, 6.07) is 4.76. The molecule has 0 saturated heterocycles. The van der Waals surface area contributed by atoms with E-state index in [1.165, 1.54) is 12.3 Å². The normalized spacial score (nSPS) is 8.00. The Balaban J connectivity index is 0.000000810. The van der Waals surface area contributed by atoms with Gasteiger partial charge >= 0.3 is 5.97 Å². The fraction of sp³-hybridized carbons (Fsp3) is 0. The molecule has 1 heterocycles. The first kappa shape index (κ1) is 8.68. The van der Waals surface area contributed by atoms with Gasteiger partial charge in [-0.3, -0.25) is 0 Å². The summed E-state index contributed by atoms with van der Waals surface area (Å²) in [6.07, 6.45) is 1.45. The lowest BCUT2D eigenvalue weighted by Gasteiger charge is -1.87. The van der Waals surface area contributed by atoms with Crippen LogP contribution < -0.4 is 0 Å². The average Bonchev–Trinajstić information content (AvgIpc) is 1.90. The largest absolute Gasteiger partial charge is 0.477 e. The molecule has 52 valence electrons. The van der Waals surface area contributed by atoms with Gasteiger partial charge in [0.15, 0.2) is 0 Å². The monoisotopic (exact) mass is 137 g/mol. The van der Waals surface area contributed by atoms with Gasteiger partial charge in [-0.2, -0.15) is 0 Å². The minimum absolute atomic E-state index is 0. The fourth-order valence-electron chi connectivity index (χ4n) is 0.489. The summed E-state index contributed by atoms with van der Waals surface area (Å²) < 4.78 is 0. The SMILES string of the molecule is B.O=C(O)c1ccccn1. The standard InChI is InChI=1S/C6H5NO2.BH3/c8-6(9)5-3-1-2-4-7-5;/h1-4H,(H,8,9);1H3. The number of carbonyl (C=O) groups is 1. The summed E-state index contributed by atoms with van der Waals surface area (Å²) >= 11 is 0. The summed E-state index contributed by atoms with van der Waals surface area (Å²) in [5.74, 6) is -0.990. The van der Waals surface area contributed by atoms with Crippen LogP contribution in [0.5, 0.6) is 0 Å². The Hall–Kier alpha value is -1.32. The molecule has 0 aliphatic heterocycles. The molecule has 1 aromatic rings. The topological polar surface area (TPSA) is 50.2 Å². The maximum Gasteiger partial charge on any atom is 0.354 e. The van der Waals surface area contributed by atoms with Gasteiger partial charge in [0.05, 0.1) is 8.41 Å². The third-order valence-corrected chi connectivity index (χ3v) is 0.884. The summed E-state index contributed by atoms with van der Waals surface area (Å²) in [5, 5.41) is 8.32. The van der Waals surface area contributed by atoms with E-state index in [0.717, 1.165) is 0 Å². The number of hydrogen-bond donors (Lipinski definition) is 1. The first-order valence-electron chi connectivity index (χ1n) is 2.45. The lowest BCUT2D eigenvalue weighted by molar-refractivity contribution is 0.0690. The molecular weight excluding hydrogens is 129 g/mol.